The molecule has 0 spiro atoms. The Hall–Kier alpha value is -1.39. The summed E-state index contributed by atoms with van der Waals surface area (Å²) >= 11 is 1.58. The molecule has 92 valence electrons. The number of thiophene rings is 1. The predicted molar refractivity (Wildman–Crippen MR) is 70.9 cm³/mol. The summed E-state index contributed by atoms with van der Waals surface area (Å²) in [5.74, 6) is -0.144. The van der Waals surface area contributed by atoms with E-state index in [1.165, 1.54) is 6.08 Å². The number of nitrogens with one attached hydrogen (secondary N) is 1. The van der Waals surface area contributed by atoms with Gasteiger partial charge in [-0.25, -0.2) is 0 Å². The van der Waals surface area contributed by atoms with E-state index in [-0.39, 0.29) is 18.6 Å². The van der Waals surface area contributed by atoms with Crippen molar-refractivity contribution in [2.75, 3.05) is 6.61 Å². The molecule has 0 aliphatic rings. The monoisotopic (exact) mass is 251 g/mol. The summed E-state index contributed by atoms with van der Waals surface area (Å²) in [6, 6.07) is 3.79. The number of allylic oxidation sites excluding steroid dienone is 3. The molecule has 0 aliphatic carbocycles. The Morgan fingerprint density at radius 3 is 3.00 bits per heavy atom. The second-order valence-electron chi connectivity index (χ2n) is 3.47. The average molecular weight is 251 g/mol. The summed E-state index contributed by atoms with van der Waals surface area (Å²) < 4.78 is 0. The van der Waals surface area contributed by atoms with Crippen LogP contribution in [0.2, 0.25) is 0 Å². The van der Waals surface area contributed by atoms with Crippen LogP contribution in [0.3, 0.4) is 0 Å². The largest absolute Gasteiger partial charge is 0.396 e. The summed E-state index contributed by atoms with van der Waals surface area (Å²) in [5.41, 5.74) is 0. The number of carbonyl (C=O) groups excluding carboxylic acids is 1. The quantitative estimate of drug-likeness (QED) is 0.602. The van der Waals surface area contributed by atoms with Gasteiger partial charge in [-0.2, -0.15) is 0 Å². The fourth-order valence-corrected chi connectivity index (χ4v) is 2.19. The maximum absolute atomic E-state index is 11.6. The van der Waals surface area contributed by atoms with Gasteiger partial charge in [0.05, 0.1) is 6.04 Å². The molecular formula is C13H17NO2S. The van der Waals surface area contributed by atoms with Crippen molar-refractivity contribution in [3.8, 4) is 0 Å². The molecule has 1 heterocycles. The Morgan fingerprint density at radius 2 is 2.41 bits per heavy atom. The summed E-state index contributed by atoms with van der Waals surface area (Å²) in [7, 11) is 0. The molecule has 0 fully saturated rings. The number of hydrogen-bond donors (Lipinski definition) is 2. The zero-order valence-electron chi connectivity index (χ0n) is 9.80. The zero-order valence-corrected chi connectivity index (χ0v) is 10.6. The van der Waals surface area contributed by atoms with Crippen molar-refractivity contribution in [1.29, 1.82) is 0 Å². The fraction of sp³-hybridized carbons (Fsp3) is 0.308. The topological polar surface area (TPSA) is 49.3 Å². The van der Waals surface area contributed by atoms with Gasteiger partial charge in [0.15, 0.2) is 0 Å². The Balaban J connectivity index is 2.58. The van der Waals surface area contributed by atoms with E-state index in [0.717, 1.165) is 4.88 Å². The van der Waals surface area contributed by atoms with Gasteiger partial charge in [-0.3, -0.25) is 4.79 Å². The van der Waals surface area contributed by atoms with E-state index in [9.17, 15) is 4.79 Å². The van der Waals surface area contributed by atoms with Crippen molar-refractivity contribution in [2.24, 2.45) is 0 Å². The Kier molecular flexibility index (Phi) is 6.29. The van der Waals surface area contributed by atoms with Crippen molar-refractivity contribution in [2.45, 2.75) is 19.4 Å². The molecule has 1 aromatic heterocycles. The highest BCUT2D eigenvalue weighted by Gasteiger charge is 2.13. The van der Waals surface area contributed by atoms with Crippen molar-refractivity contribution in [3.05, 3.63) is 46.7 Å². The lowest BCUT2D eigenvalue weighted by Gasteiger charge is -2.14. The number of rotatable bonds is 6. The second kappa shape index (κ2) is 7.81. The number of amides is 1. The van der Waals surface area contributed by atoms with Crippen molar-refractivity contribution >= 4 is 17.2 Å². The molecule has 2 N–H and O–H groups in total. The first-order chi connectivity index (χ1) is 8.27. The lowest BCUT2D eigenvalue weighted by atomic mass is 10.2. The van der Waals surface area contributed by atoms with Gasteiger partial charge in [-0.15, -0.1) is 11.3 Å². The number of aliphatic hydroxyl groups is 1. The van der Waals surface area contributed by atoms with Gasteiger partial charge in [0, 0.05) is 17.6 Å². The third kappa shape index (κ3) is 4.97. The minimum Gasteiger partial charge on any atom is -0.396 e. The van der Waals surface area contributed by atoms with E-state index < -0.39 is 0 Å². The van der Waals surface area contributed by atoms with Gasteiger partial charge in [-0.05, 0) is 24.8 Å². The summed E-state index contributed by atoms with van der Waals surface area (Å²) in [6.07, 6.45) is 7.36. The van der Waals surface area contributed by atoms with Gasteiger partial charge in [-0.1, -0.05) is 24.3 Å². The molecule has 0 aromatic carbocycles. The summed E-state index contributed by atoms with van der Waals surface area (Å²) in [5, 5.41) is 13.8. The number of carbonyl (C=O) groups is 1. The molecule has 1 aromatic rings. The lowest BCUT2D eigenvalue weighted by Crippen LogP contribution is -2.27. The van der Waals surface area contributed by atoms with Gasteiger partial charge >= 0.3 is 0 Å². The van der Waals surface area contributed by atoms with Crippen LogP contribution in [-0.2, 0) is 4.79 Å². The van der Waals surface area contributed by atoms with Gasteiger partial charge in [0.1, 0.15) is 0 Å². The standard InChI is InChI=1S/C13H17NO2S/c1-2-3-4-7-13(16)14-11(8-9-15)12-6-5-10-17-12/h2-7,10-11,15H,8-9H2,1H3,(H,14,16). The van der Waals surface area contributed by atoms with E-state index in [2.05, 4.69) is 5.32 Å². The molecule has 3 nitrogen and oxygen atoms in total. The smallest absolute Gasteiger partial charge is 0.244 e. The number of hydrogen-bond acceptors (Lipinski definition) is 3. The fourth-order valence-electron chi connectivity index (χ4n) is 1.38. The minimum absolute atomic E-state index is 0.0570. The first-order valence-electron chi connectivity index (χ1n) is 5.52. The molecule has 1 amide bonds. The normalized spacial score (nSPS) is 13.3. The maximum atomic E-state index is 11.6. The molecule has 0 aliphatic heterocycles. The van der Waals surface area contributed by atoms with Crippen LogP contribution < -0.4 is 5.32 Å². The van der Waals surface area contributed by atoms with Crippen LogP contribution in [0.25, 0.3) is 0 Å². The molecule has 0 radical (unpaired) electrons. The molecule has 0 saturated heterocycles. The lowest BCUT2D eigenvalue weighted by molar-refractivity contribution is -0.117. The minimum atomic E-state index is -0.144. The third-order valence-corrected chi connectivity index (χ3v) is 3.16. The summed E-state index contributed by atoms with van der Waals surface area (Å²) in [6.45, 7) is 1.95. The van der Waals surface area contributed by atoms with E-state index in [0.29, 0.717) is 6.42 Å². The molecule has 0 bridgehead atoms. The molecule has 1 atom stereocenters. The van der Waals surface area contributed by atoms with Crippen LogP contribution >= 0.6 is 11.3 Å². The SMILES string of the molecule is CC=CC=CC(=O)NC(CCO)c1cccs1. The highest BCUT2D eigenvalue weighted by Crippen LogP contribution is 2.21. The van der Waals surface area contributed by atoms with Gasteiger partial charge < -0.3 is 10.4 Å². The highest BCUT2D eigenvalue weighted by molar-refractivity contribution is 7.10. The van der Waals surface area contributed by atoms with Crippen LogP contribution in [-0.4, -0.2) is 17.6 Å². The van der Waals surface area contributed by atoms with E-state index >= 15 is 0 Å². The van der Waals surface area contributed by atoms with E-state index in [1.54, 1.807) is 23.5 Å². The molecule has 17 heavy (non-hydrogen) atoms. The van der Waals surface area contributed by atoms with Gasteiger partial charge in [0.25, 0.3) is 0 Å². The average Bonchev–Trinajstić information content (AvgIpc) is 2.82. The molecule has 1 unspecified atom stereocenters. The van der Waals surface area contributed by atoms with Crippen molar-refractivity contribution in [1.82, 2.24) is 5.32 Å². The molecule has 4 heteroatoms. The number of aliphatic hydroxyl groups excluding tert-OH is 1. The first-order valence-corrected chi connectivity index (χ1v) is 6.40. The second-order valence-corrected chi connectivity index (χ2v) is 4.45. The first kappa shape index (κ1) is 13.7. The van der Waals surface area contributed by atoms with E-state index in [4.69, 9.17) is 5.11 Å². The third-order valence-electron chi connectivity index (χ3n) is 2.17. The van der Waals surface area contributed by atoms with E-state index in [1.807, 2.05) is 30.5 Å². The molecule has 1 rings (SSSR count). The van der Waals surface area contributed by atoms with Crippen molar-refractivity contribution < 1.29 is 9.90 Å². The van der Waals surface area contributed by atoms with Crippen LogP contribution in [0.1, 0.15) is 24.3 Å². The van der Waals surface area contributed by atoms with Crippen LogP contribution in [0, 0.1) is 0 Å². The molecular weight excluding hydrogens is 234 g/mol. The van der Waals surface area contributed by atoms with Crippen LogP contribution in [0.5, 0.6) is 0 Å². The maximum Gasteiger partial charge on any atom is 0.244 e. The summed E-state index contributed by atoms with van der Waals surface area (Å²) in [4.78, 5) is 12.7. The Labute approximate surface area is 105 Å². The van der Waals surface area contributed by atoms with Crippen LogP contribution in [0.15, 0.2) is 41.8 Å². The van der Waals surface area contributed by atoms with Crippen LogP contribution in [0.4, 0.5) is 0 Å². The van der Waals surface area contributed by atoms with Gasteiger partial charge in [0.2, 0.25) is 5.91 Å². The predicted octanol–water partition coefficient (Wildman–Crippen LogP) is 2.42. The molecule has 0 saturated carbocycles. The Morgan fingerprint density at radius 1 is 1.59 bits per heavy atom. The zero-order chi connectivity index (χ0) is 12.5. The Bertz CT molecular complexity index is 382. The van der Waals surface area contributed by atoms with Crippen molar-refractivity contribution in [3.63, 3.8) is 0 Å². The highest BCUT2D eigenvalue weighted by atomic mass is 32.1.